The minimum absolute atomic E-state index is 0.00414. The summed E-state index contributed by atoms with van der Waals surface area (Å²) < 4.78 is 0. The van der Waals surface area contributed by atoms with Crippen molar-refractivity contribution < 1.29 is 14.4 Å². The molecule has 3 amide bonds. The third kappa shape index (κ3) is 8.10. The summed E-state index contributed by atoms with van der Waals surface area (Å²) in [5, 5.41) is 2.74. The van der Waals surface area contributed by atoms with E-state index in [1.54, 1.807) is 0 Å². The fourth-order valence-electron chi connectivity index (χ4n) is 7.59. The van der Waals surface area contributed by atoms with Crippen LogP contribution in [-0.2, 0) is 33.8 Å². The van der Waals surface area contributed by atoms with E-state index in [4.69, 9.17) is 4.98 Å². The number of aromatic nitrogens is 4. The zero-order valence-corrected chi connectivity index (χ0v) is 30.8. The molecule has 1 saturated heterocycles. The molecule has 10 nitrogen and oxygen atoms in total. The van der Waals surface area contributed by atoms with Crippen molar-refractivity contribution in [3.63, 3.8) is 0 Å². The first-order chi connectivity index (χ1) is 24.7. The Labute approximate surface area is 301 Å². The van der Waals surface area contributed by atoms with Crippen LogP contribution < -0.4 is 5.32 Å². The first-order valence-corrected chi connectivity index (χ1v) is 18.8. The molecule has 1 aliphatic heterocycles. The number of carbonyl (C=O) groups is 3. The molecule has 2 aliphatic rings. The summed E-state index contributed by atoms with van der Waals surface area (Å²) in [4.78, 5) is 58.3. The van der Waals surface area contributed by atoms with E-state index < -0.39 is 6.04 Å². The molecule has 0 saturated carbocycles. The Kier molecular flexibility index (Phi) is 11.4. The molecular formula is C41H53N7O3. The number of nitrogens with one attached hydrogen (secondary N) is 3. The quantitative estimate of drug-likeness (QED) is 0.128. The summed E-state index contributed by atoms with van der Waals surface area (Å²) in [6.45, 7) is 12.0. The second-order valence-electron chi connectivity index (χ2n) is 15.0. The minimum atomic E-state index is -0.544. The van der Waals surface area contributed by atoms with E-state index in [0.29, 0.717) is 31.8 Å². The molecule has 51 heavy (non-hydrogen) atoms. The molecule has 0 radical (unpaired) electrons. The highest BCUT2D eigenvalue weighted by molar-refractivity contribution is 5.84. The van der Waals surface area contributed by atoms with Gasteiger partial charge in [0.25, 0.3) is 0 Å². The number of likely N-dealkylation sites (tertiary alicyclic amines) is 1. The lowest BCUT2D eigenvalue weighted by molar-refractivity contribution is -0.137. The van der Waals surface area contributed by atoms with Gasteiger partial charge in [-0.2, -0.15) is 0 Å². The van der Waals surface area contributed by atoms with E-state index in [1.165, 1.54) is 5.56 Å². The third-order valence-electron chi connectivity index (χ3n) is 10.2. The maximum Gasteiger partial charge on any atom is 0.246 e. The Balaban J connectivity index is 1.20. The van der Waals surface area contributed by atoms with Gasteiger partial charge < -0.3 is 25.1 Å². The Hall–Kier alpha value is -4.73. The van der Waals surface area contributed by atoms with Crippen LogP contribution in [0.25, 0.3) is 33.6 Å². The molecule has 2 aromatic heterocycles. The van der Waals surface area contributed by atoms with Crippen molar-refractivity contribution in [2.45, 2.75) is 105 Å². The van der Waals surface area contributed by atoms with E-state index in [-0.39, 0.29) is 23.8 Å². The first-order valence-electron chi connectivity index (χ1n) is 18.8. The number of hydrogen-bond donors (Lipinski definition) is 3. The van der Waals surface area contributed by atoms with E-state index in [0.717, 1.165) is 102 Å². The van der Waals surface area contributed by atoms with Crippen molar-refractivity contribution >= 4 is 18.2 Å². The van der Waals surface area contributed by atoms with Crippen molar-refractivity contribution in [1.29, 1.82) is 0 Å². The number of amides is 3. The molecule has 2 atom stereocenters. The molecule has 2 aromatic carbocycles. The predicted molar refractivity (Wildman–Crippen MR) is 200 cm³/mol. The number of H-pyrrole nitrogens is 2. The lowest BCUT2D eigenvalue weighted by atomic mass is 9.90. The molecule has 0 unspecified atom stereocenters. The van der Waals surface area contributed by atoms with Crippen LogP contribution in [0.4, 0.5) is 0 Å². The van der Waals surface area contributed by atoms with Crippen LogP contribution in [0, 0.1) is 11.8 Å². The standard InChI is InChI=1S/C41H53N7O3/c1-6-19-47(37(50)21-26(2)3)24-36-42-23-34(44-36)29-15-13-28(14-16-29)30-17-18-32-31(22-30)10-7-8-11-33-39(32)46-40(45-33)35-12-9-20-48(35)41(51)38(27(4)5)43-25-49/h13-18,22-23,25-27,35,38H,6-12,19-21,24H2,1-5H3,(H,42,44)(H,43,49)(H,45,46)/t35-,38-/m0/s1. The molecule has 3 heterocycles. The number of benzene rings is 2. The lowest BCUT2D eigenvalue weighted by Crippen LogP contribution is -2.48. The minimum Gasteiger partial charge on any atom is -0.347 e. The number of rotatable bonds is 13. The van der Waals surface area contributed by atoms with Crippen molar-refractivity contribution in [2.24, 2.45) is 11.8 Å². The van der Waals surface area contributed by atoms with Gasteiger partial charge in [0.1, 0.15) is 17.7 Å². The van der Waals surface area contributed by atoms with E-state index in [2.05, 4.69) is 83.5 Å². The number of aryl methyl sites for hydroxylation is 2. The Morgan fingerprint density at radius 3 is 2.47 bits per heavy atom. The van der Waals surface area contributed by atoms with Gasteiger partial charge in [0.15, 0.2) is 0 Å². The van der Waals surface area contributed by atoms with Crippen LogP contribution in [0.1, 0.15) is 102 Å². The van der Waals surface area contributed by atoms with E-state index in [9.17, 15) is 14.4 Å². The van der Waals surface area contributed by atoms with E-state index in [1.807, 2.05) is 29.8 Å². The second kappa shape index (κ2) is 16.1. The second-order valence-corrected chi connectivity index (χ2v) is 15.0. The van der Waals surface area contributed by atoms with Gasteiger partial charge in [0, 0.05) is 30.8 Å². The number of nitrogens with zero attached hydrogens (tertiary/aromatic N) is 4. The number of imidazole rings is 2. The molecule has 270 valence electrons. The summed E-state index contributed by atoms with van der Waals surface area (Å²) in [7, 11) is 0. The van der Waals surface area contributed by atoms with Crippen LogP contribution in [0.3, 0.4) is 0 Å². The molecule has 6 rings (SSSR count). The molecule has 0 spiro atoms. The third-order valence-corrected chi connectivity index (χ3v) is 10.2. The fraction of sp³-hybridized carbons (Fsp3) is 0.488. The fourth-order valence-corrected chi connectivity index (χ4v) is 7.59. The van der Waals surface area contributed by atoms with Gasteiger partial charge in [-0.1, -0.05) is 77.1 Å². The van der Waals surface area contributed by atoms with Gasteiger partial charge in [-0.25, -0.2) is 9.97 Å². The number of aromatic amines is 2. The highest BCUT2D eigenvalue weighted by Crippen LogP contribution is 2.38. The Morgan fingerprint density at radius 1 is 1.00 bits per heavy atom. The molecule has 3 N–H and O–H groups in total. The lowest BCUT2D eigenvalue weighted by Gasteiger charge is -2.29. The normalized spacial score (nSPS) is 16.4. The summed E-state index contributed by atoms with van der Waals surface area (Å²) >= 11 is 0. The highest BCUT2D eigenvalue weighted by Gasteiger charge is 2.37. The van der Waals surface area contributed by atoms with Crippen molar-refractivity contribution in [3.8, 4) is 33.6 Å². The highest BCUT2D eigenvalue weighted by atomic mass is 16.2. The topological polar surface area (TPSA) is 127 Å². The SMILES string of the molecule is CCCN(Cc1ncc(-c2ccc(-c3ccc4c(c3)CCCCc3[nH]c([C@@H]5CCCN5C(=O)[C@@H](NC=O)C(C)C)nc3-4)cc2)[nH]1)C(=O)CC(C)C. The smallest absolute Gasteiger partial charge is 0.246 e. The van der Waals surface area contributed by atoms with Gasteiger partial charge in [-0.15, -0.1) is 0 Å². The van der Waals surface area contributed by atoms with Crippen LogP contribution >= 0.6 is 0 Å². The summed E-state index contributed by atoms with van der Waals surface area (Å²) in [6.07, 6.45) is 9.75. The Morgan fingerprint density at radius 2 is 1.75 bits per heavy atom. The monoisotopic (exact) mass is 691 g/mol. The maximum atomic E-state index is 13.5. The average Bonchev–Trinajstić information content (AvgIpc) is 3.88. The Bertz CT molecular complexity index is 1820. The van der Waals surface area contributed by atoms with Crippen LogP contribution in [0.5, 0.6) is 0 Å². The van der Waals surface area contributed by atoms with Crippen molar-refractivity contribution in [3.05, 3.63) is 71.6 Å². The zero-order valence-electron chi connectivity index (χ0n) is 30.8. The summed E-state index contributed by atoms with van der Waals surface area (Å²) in [5.74, 6) is 2.09. The van der Waals surface area contributed by atoms with Crippen LogP contribution in [0.2, 0.25) is 0 Å². The van der Waals surface area contributed by atoms with E-state index >= 15 is 0 Å². The largest absolute Gasteiger partial charge is 0.347 e. The molecule has 0 bridgehead atoms. The van der Waals surface area contributed by atoms with Gasteiger partial charge in [-0.05, 0) is 79.0 Å². The maximum absolute atomic E-state index is 13.5. The van der Waals surface area contributed by atoms with Gasteiger partial charge in [0.05, 0.1) is 30.2 Å². The first kappa shape index (κ1) is 36.1. The summed E-state index contributed by atoms with van der Waals surface area (Å²) in [6, 6.07) is 14.6. The number of carbonyl (C=O) groups excluding carboxylic acids is 3. The molecule has 1 fully saturated rings. The zero-order chi connectivity index (χ0) is 36.1. The molecular weight excluding hydrogens is 638 g/mol. The molecule has 1 aliphatic carbocycles. The predicted octanol–water partition coefficient (Wildman–Crippen LogP) is 7.23. The molecule has 4 aromatic rings. The average molecular weight is 692 g/mol. The van der Waals surface area contributed by atoms with Crippen molar-refractivity contribution in [1.82, 2.24) is 35.1 Å². The van der Waals surface area contributed by atoms with Crippen LogP contribution in [-0.4, -0.2) is 67.1 Å². The van der Waals surface area contributed by atoms with Gasteiger partial charge in [-0.3, -0.25) is 14.4 Å². The van der Waals surface area contributed by atoms with Crippen molar-refractivity contribution in [2.75, 3.05) is 13.1 Å². The van der Waals surface area contributed by atoms with Gasteiger partial charge >= 0.3 is 0 Å². The number of fused-ring (bicyclic) bond motifs is 3. The van der Waals surface area contributed by atoms with Crippen LogP contribution in [0.15, 0.2) is 48.7 Å². The molecule has 10 heteroatoms. The van der Waals surface area contributed by atoms with Gasteiger partial charge in [0.2, 0.25) is 18.2 Å². The summed E-state index contributed by atoms with van der Waals surface area (Å²) in [5.41, 5.74) is 8.86. The number of hydrogen-bond acceptors (Lipinski definition) is 5.